The summed E-state index contributed by atoms with van der Waals surface area (Å²) in [6, 6.07) is 16.6. The Morgan fingerprint density at radius 2 is 2.12 bits per heavy atom. The van der Waals surface area contributed by atoms with Gasteiger partial charge in [0.05, 0.1) is 13.2 Å². The van der Waals surface area contributed by atoms with Crippen LogP contribution >= 0.6 is 0 Å². The molecule has 5 nitrogen and oxygen atoms in total. The quantitative estimate of drug-likeness (QED) is 0.800. The van der Waals surface area contributed by atoms with Gasteiger partial charge in [0.25, 0.3) is 0 Å². The maximum absolute atomic E-state index is 5.51. The van der Waals surface area contributed by atoms with Gasteiger partial charge in [-0.1, -0.05) is 35.5 Å². The molecule has 0 amide bonds. The highest BCUT2D eigenvalue weighted by Gasteiger charge is 2.25. The first-order valence-electron chi connectivity index (χ1n) is 8.26. The molecule has 3 aromatic rings. The molecule has 1 N–H and O–H groups in total. The lowest BCUT2D eigenvalue weighted by Crippen LogP contribution is -2.45. The third kappa shape index (κ3) is 3.00. The van der Waals surface area contributed by atoms with Gasteiger partial charge in [0, 0.05) is 37.6 Å². The minimum Gasteiger partial charge on any atom is -0.497 e. The number of aromatic nitrogens is 1. The van der Waals surface area contributed by atoms with Gasteiger partial charge in [-0.05, 0) is 17.7 Å². The normalized spacial score (nSPS) is 18.8. The summed E-state index contributed by atoms with van der Waals surface area (Å²) in [5.74, 6) is 0.785. The minimum atomic E-state index is 0.178. The lowest BCUT2D eigenvalue weighted by Gasteiger charge is -2.32. The summed E-state index contributed by atoms with van der Waals surface area (Å²) in [6.07, 6.45) is 0. The molecule has 1 fully saturated rings. The van der Waals surface area contributed by atoms with Crippen LogP contribution in [0.25, 0.3) is 11.0 Å². The van der Waals surface area contributed by atoms with Crippen molar-refractivity contribution in [1.82, 2.24) is 15.4 Å². The number of nitrogens with zero attached hydrogens (tertiary/aromatic N) is 2. The second kappa shape index (κ2) is 6.63. The average molecular weight is 323 g/mol. The van der Waals surface area contributed by atoms with Crippen LogP contribution in [0.3, 0.4) is 0 Å². The molecule has 0 radical (unpaired) electrons. The number of benzene rings is 2. The lowest BCUT2D eigenvalue weighted by atomic mass is 10.1. The van der Waals surface area contributed by atoms with E-state index < -0.39 is 0 Å². The van der Waals surface area contributed by atoms with E-state index in [4.69, 9.17) is 9.26 Å². The van der Waals surface area contributed by atoms with E-state index in [2.05, 4.69) is 45.7 Å². The number of hydrogen-bond acceptors (Lipinski definition) is 5. The van der Waals surface area contributed by atoms with E-state index in [0.29, 0.717) is 0 Å². The first kappa shape index (κ1) is 15.2. The van der Waals surface area contributed by atoms with E-state index in [1.807, 2.05) is 18.2 Å². The van der Waals surface area contributed by atoms with Crippen molar-refractivity contribution in [2.24, 2.45) is 0 Å². The largest absolute Gasteiger partial charge is 0.497 e. The smallest absolute Gasteiger partial charge is 0.170 e. The summed E-state index contributed by atoms with van der Waals surface area (Å²) in [4.78, 5) is 2.46. The van der Waals surface area contributed by atoms with E-state index >= 15 is 0 Å². The number of ether oxygens (including phenoxy) is 1. The SMILES string of the molecule is COc1ccc2c(C3CN(Cc4ccccc4)CCN3)noc2c1. The Bertz CT molecular complexity index is 816. The number of nitrogens with one attached hydrogen (secondary N) is 1. The molecule has 2 aromatic carbocycles. The van der Waals surface area contributed by atoms with Crippen LogP contribution in [0.4, 0.5) is 0 Å². The van der Waals surface area contributed by atoms with Crippen molar-refractivity contribution in [3.8, 4) is 5.75 Å². The Kier molecular flexibility index (Phi) is 4.19. The van der Waals surface area contributed by atoms with Gasteiger partial charge in [0.15, 0.2) is 5.58 Å². The highest BCUT2D eigenvalue weighted by Crippen LogP contribution is 2.28. The van der Waals surface area contributed by atoms with E-state index in [-0.39, 0.29) is 6.04 Å². The molecule has 1 aromatic heterocycles. The van der Waals surface area contributed by atoms with Crippen molar-refractivity contribution >= 4 is 11.0 Å². The second-order valence-electron chi connectivity index (χ2n) is 6.16. The molecule has 1 aliphatic rings. The van der Waals surface area contributed by atoms with Crippen molar-refractivity contribution in [1.29, 1.82) is 0 Å². The van der Waals surface area contributed by atoms with Crippen molar-refractivity contribution in [3.05, 3.63) is 59.8 Å². The van der Waals surface area contributed by atoms with Crippen molar-refractivity contribution in [3.63, 3.8) is 0 Å². The van der Waals surface area contributed by atoms with E-state index in [1.165, 1.54) is 5.56 Å². The fraction of sp³-hybridized carbons (Fsp3) is 0.316. The van der Waals surface area contributed by atoms with Crippen LogP contribution in [0.5, 0.6) is 5.75 Å². The van der Waals surface area contributed by atoms with Crippen LogP contribution in [0.2, 0.25) is 0 Å². The summed E-state index contributed by atoms with van der Waals surface area (Å²) in [6.45, 7) is 3.86. The van der Waals surface area contributed by atoms with Crippen LogP contribution in [-0.2, 0) is 6.54 Å². The fourth-order valence-electron chi connectivity index (χ4n) is 3.29. The molecular weight excluding hydrogens is 302 g/mol. The molecule has 124 valence electrons. The van der Waals surface area contributed by atoms with Gasteiger partial charge >= 0.3 is 0 Å². The first-order valence-corrected chi connectivity index (χ1v) is 8.26. The summed E-state index contributed by atoms with van der Waals surface area (Å²) < 4.78 is 10.8. The molecule has 1 unspecified atom stereocenters. The maximum atomic E-state index is 5.51. The molecule has 1 saturated heterocycles. The predicted octanol–water partition coefficient (Wildman–Crippen LogP) is 2.98. The number of methoxy groups -OCH3 is 1. The first-order chi connectivity index (χ1) is 11.8. The highest BCUT2D eigenvalue weighted by molar-refractivity contribution is 5.81. The Morgan fingerprint density at radius 3 is 2.96 bits per heavy atom. The molecule has 24 heavy (non-hydrogen) atoms. The van der Waals surface area contributed by atoms with Crippen LogP contribution in [-0.4, -0.2) is 36.8 Å². The van der Waals surface area contributed by atoms with Gasteiger partial charge in [-0.25, -0.2) is 0 Å². The Hall–Kier alpha value is -2.37. The molecule has 2 heterocycles. The Balaban J connectivity index is 1.53. The molecule has 4 rings (SSSR count). The number of piperazine rings is 1. The number of hydrogen-bond donors (Lipinski definition) is 1. The fourth-order valence-corrected chi connectivity index (χ4v) is 3.29. The summed E-state index contributed by atoms with van der Waals surface area (Å²) in [5, 5.41) is 8.93. The van der Waals surface area contributed by atoms with Crippen LogP contribution < -0.4 is 10.1 Å². The molecule has 5 heteroatoms. The number of rotatable bonds is 4. The third-order valence-corrected chi connectivity index (χ3v) is 4.55. The zero-order valence-corrected chi connectivity index (χ0v) is 13.7. The topological polar surface area (TPSA) is 50.5 Å². The standard InChI is InChI=1S/C19H21N3O2/c1-23-15-7-8-16-18(11-15)24-21-19(16)17-13-22(10-9-20-17)12-14-5-3-2-4-6-14/h2-8,11,17,20H,9-10,12-13H2,1H3. The zero-order chi connectivity index (χ0) is 16.4. The van der Waals surface area contributed by atoms with Gasteiger partial charge in [-0.2, -0.15) is 0 Å². The molecule has 0 spiro atoms. The van der Waals surface area contributed by atoms with Crippen LogP contribution in [0, 0.1) is 0 Å². The second-order valence-corrected chi connectivity index (χ2v) is 6.16. The molecule has 0 bridgehead atoms. The summed E-state index contributed by atoms with van der Waals surface area (Å²) in [5.41, 5.74) is 3.09. The van der Waals surface area contributed by atoms with Crippen molar-refractivity contribution in [2.75, 3.05) is 26.7 Å². The Morgan fingerprint density at radius 1 is 1.25 bits per heavy atom. The van der Waals surface area contributed by atoms with Gasteiger partial charge in [-0.3, -0.25) is 4.90 Å². The lowest BCUT2D eigenvalue weighted by molar-refractivity contribution is 0.189. The molecular formula is C19H21N3O2. The number of fused-ring (bicyclic) bond motifs is 1. The molecule has 0 aliphatic carbocycles. The average Bonchev–Trinajstić information content (AvgIpc) is 3.06. The molecule has 1 aliphatic heterocycles. The van der Waals surface area contributed by atoms with E-state index in [1.54, 1.807) is 7.11 Å². The maximum Gasteiger partial charge on any atom is 0.170 e. The summed E-state index contributed by atoms with van der Waals surface area (Å²) in [7, 11) is 1.66. The van der Waals surface area contributed by atoms with Crippen molar-refractivity contribution in [2.45, 2.75) is 12.6 Å². The predicted molar refractivity (Wildman–Crippen MR) is 93.0 cm³/mol. The van der Waals surface area contributed by atoms with Crippen LogP contribution in [0.15, 0.2) is 53.1 Å². The highest BCUT2D eigenvalue weighted by atomic mass is 16.5. The third-order valence-electron chi connectivity index (χ3n) is 4.55. The summed E-state index contributed by atoms with van der Waals surface area (Å²) >= 11 is 0. The van der Waals surface area contributed by atoms with Gasteiger partial charge in [0.2, 0.25) is 0 Å². The van der Waals surface area contributed by atoms with Gasteiger partial charge in [0.1, 0.15) is 11.4 Å². The monoisotopic (exact) mass is 323 g/mol. The van der Waals surface area contributed by atoms with Crippen LogP contribution in [0.1, 0.15) is 17.3 Å². The Labute approximate surface area is 141 Å². The van der Waals surface area contributed by atoms with Gasteiger partial charge in [-0.15, -0.1) is 0 Å². The molecule has 1 atom stereocenters. The zero-order valence-electron chi connectivity index (χ0n) is 13.7. The van der Waals surface area contributed by atoms with Gasteiger partial charge < -0.3 is 14.6 Å². The minimum absolute atomic E-state index is 0.178. The van der Waals surface area contributed by atoms with E-state index in [0.717, 1.165) is 48.6 Å². The van der Waals surface area contributed by atoms with E-state index in [9.17, 15) is 0 Å². The molecule has 0 saturated carbocycles. The van der Waals surface area contributed by atoms with Crippen molar-refractivity contribution < 1.29 is 9.26 Å².